The lowest BCUT2D eigenvalue weighted by atomic mass is 9.91. The van der Waals surface area contributed by atoms with E-state index in [2.05, 4.69) is 27.2 Å². The highest BCUT2D eigenvalue weighted by Crippen LogP contribution is 2.40. The summed E-state index contributed by atoms with van der Waals surface area (Å²) in [4.78, 5) is 19.7. The van der Waals surface area contributed by atoms with Gasteiger partial charge in [-0.15, -0.1) is 0 Å². The number of fused-ring (bicyclic) bond motifs is 2. The molecule has 2 aliphatic heterocycles. The minimum absolute atomic E-state index is 0.124. The van der Waals surface area contributed by atoms with Gasteiger partial charge in [-0.05, 0) is 44.7 Å². The van der Waals surface area contributed by atoms with Crippen LogP contribution in [0.5, 0.6) is 5.75 Å². The molecule has 2 aromatic heterocycles. The second-order valence-electron chi connectivity index (χ2n) is 8.57. The van der Waals surface area contributed by atoms with Gasteiger partial charge in [-0.2, -0.15) is 5.10 Å². The second kappa shape index (κ2) is 9.76. The first-order valence-corrected chi connectivity index (χ1v) is 11.3. The molecule has 9 heteroatoms. The van der Waals surface area contributed by atoms with Crippen LogP contribution < -0.4 is 15.0 Å². The van der Waals surface area contributed by atoms with Crippen molar-refractivity contribution in [2.24, 2.45) is 5.92 Å². The maximum Gasteiger partial charge on any atom is 0.261 e. The topological polar surface area (TPSA) is 112 Å². The second-order valence-corrected chi connectivity index (χ2v) is 8.57. The van der Waals surface area contributed by atoms with E-state index in [0.29, 0.717) is 17.1 Å². The number of carbonyl (C=O) groups is 1. The number of rotatable bonds is 4. The van der Waals surface area contributed by atoms with E-state index in [0.717, 1.165) is 62.1 Å². The molecule has 176 valence electrons. The number of aliphatic hydroxyl groups is 2. The molecule has 0 spiro atoms. The Hall–Kier alpha value is -3.17. The number of ether oxygens (including phenoxy) is 1. The van der Waals surface area contributed by atoms with Crippen LogP contribution in [0.15, 0.2) is 36.8 Å². The highest BCUT2D eigenvalue weighted by Gasteiger charge is 2.28. The summed E-state index contributed by atoms with van der Waals surface area (Å²) in [5.74, 6) is 0.960. The smallest absolute Gasteiger partial charge is 0.261 e. The summed E-state index contributed by atoms with van der Waals surface area (Å²) < 4.78 is 7.58. The van der Waals surface area contributed by atoms with Crippen LogP contribution in [0, 0.1) is 5.92 Å². The molecule has 33 heavy (non-hydrogen) atoms. The molecule has 0 saturated carbocycles. The van der Waals surface area contributed by atoms with E-state index in [1.54, 1.807) is 29.2 Å². The third-order valence-corrected chi connectivity index (χ3v) is 6.35. The van der Waals surface area contributed by atoms with Gasteiger partial charge >= 0.3 is 0 Å². The molecule has 0 aliphatic carbocycles. The van der Waals surface area contributed by atoms with Gasteiger partial charge in [0.2, 0.25) is 0 Å². The first kappa shape index (κ1) is 23.0. The molecule has 0 bridgehead atoms. The van der Waals surface area contributed by atoms with Gasteiger partial charge in [-0.3, -0.25) is 4.79 Å². The predicted molar refractivity (Wildman–Crippen MR) is 126 cm³/mol. The van der Waals surface area contributed by atoms with Crippen molar-refractivity contribution in [3.63, 3.8) is 0 Å². The number of nitrogens with one attached hydrogen (secondary N) is 1. The summed E-state index contributed by atoms with van der Waals surface area (Å²) >= 11 is 0. The molecule has 5 rings (SSSR count). The van der Waals surface area contributed by atoms with Gasteiger partial charge in [0.05, 0.1) is 23.7 Å². The van der Waals surface area contributed by atoms with Crippen molar-refractivity contribution in [1.82, 2.24) is 14.6 Å². The largest absolute Gasteiger partial charge is 0.490 e. The Morgan fingerprint density at radius 2 is 2.03 bits per heavy atom. The summed E-state index contributed by atoms with van der Waals surface area (Å²) in [5.41, 5.74) is 3.78. The van der Waals surface area contributed by atoms with Gasteiger partial charge in [0.1, 0.15) is 17.4 Å². The van der Waals surface area contributed by atoms with Crippen LogP contribution in [-0.4, -0.2) is 63.1 Å². The number of amides is 1. The summed E-state index contributed by atoms with van der Waals surface area (Å²) in [5, 5.41) is 24.3. The Morgan fingerprint density at radius 3 is 2.76 bits per heavy atom. The van der Waals surface area contributed by atoms with E-state index in [4.69, 9.17) is 9.84 Å². The van der Waals surface area contributed by atoms with E-state index in [1.807, 2.05) is 19.1 Å². The fraction of sp³-hybridized carbons (Fsp3) is 0.458. The van der Waals surface area contributed by atoms with Gasteiger partial charge in [0.25, 0.3) is 5.91 Å². The minimum Gasteiger partial charge on any atom is -0.490 e. The molecular formula is C24H31N5O4. The molecule has 3 N–H and O–H groups in total. The molecule has 4 heterocycles. The molecule has 1 amide bonds. The monoisotopic (exact) mass is 453 g/mol. The number of carbonyl (C=O) groups excluding carboxylic acids is 1. The molecule has 0 radical (unpaired) electrons. The van der Waals surface area contributed by atoms with Crippen molar-refractivity contribution in [3.8, 4) is 5.75 Å². The Kier molecular flexibility index (Phi) is 6.80. The van der Waals surface area contributed by atoms with Crippen molar-refractivity contribution in [3.05, 3.63) is 47.9 Å². The summed E-state index contributed by atoms with van der Waals surface area (Å²) in [6, 6.07) is 5.86. The average molecular weight is 454 g/mol. The summed E-state index contributed by atoms with van der Waals surface area (Å²) in [7, 11) is 1.00. The van der Waals surface area contributed by atoms with Crippen LogP contribution in [0.25, 0.3) is 5.65 Å². The molecule has 2 aliphatic rings. The third-order valence-electron chi connectivity index (χ3n) is 6.35. The van der Waals surface area contributed by atoms with Crippen molar-refractivity contribution in [2.45, 2.75) is 45.3 Å². The summed E-state index contributed by atoms with van der Waals surface area (Å²) in [6.07, 6.45) is 7.44. The van der Waals surface area contributed by atoms with Crippen LogP contribution >= 0.6 is 0 Å². The molecule has 1 aromatic carbocycles. The first-order chi connectivity index (χ1) is 16.0. The predicted octanol–water partition coefficient (Wildman–Crippen LogP) is 2.51. The zero-order valence-electron chi connectivity index (χ0n) is 19.2. The number of nitrogens with zero attached hydrogens (tertiary/aromatic N) is 4. The van der Waals surface area contributed by atoms with Gasteiger partial charge in [-0.1, -0.05) is 0 Å². The number of hydrogen-bond donors (Lipinski definition) is 3. The maximum absolute atomic E-state index is 13.1. The lowest BCUT2D eigenvalue weighted by Crippen LogP contribution is -2.37. The molecule has 2 unspecified atom stereocenters. The molecule has 9 nitrogen and oxygen atoms in total. The zero-order valence-corrected chi connectivity index (χ0v) is 19.2. The Labute approximate surface area is 193 Å². The average Bonchev–Trinajstić information content (AvgIpc) is 3.42. The number of piperidine rings is 1. The van der Waals surface area contributed by atoms with Crippen molar-refractivity contribution in [2.75, 3.05) is 30.4 Å². The van der Waals surface area contributed by atoms with Crippen LogP contribution in [0.4, 0.5) is 11.4 Å². The van der Waals surface area contributed by atoms with Gasteiger partial charge < -0.3 is 25.2 Å². The quantitative estimate of drug-likeness (QED) is 0.556. The van der Waals surface area contributed by atoms with Gasteiger partial charge in [-0.25, -0.2) is 9.50 Å². The summed E-state index contributed by atoms with van der Waals surface area (Å²) in [6.45, 7) is 5.56. The van der Waals surface area contributed by atoms with Crippen LogP contribution in [0.1, 0.15) is 42.6 Å². The molecule has 1 fully saturated rings. The van der Waals surface area contributed by atoms with E-state index < -0.39 is 0 Å². The van der Waals surface area contributed by atoms with Crippen molar-refractivity contribution >= 4 is 22.9 Å². The highest BCUT2D eigenvalue weighted by atomic mass is 16.5. The third kappa shape index (κ3) is 4.65. The Morgan fingerprint density at radius 1 is 1.27 bits per heavy atom. The van der Waals surface area contributed by atoms with E-state index in [1.165, 1.54) is 0 Å². The Bertz CT molecular complexity index is 1120. The van der Waals surface area contributed by atoms with Crippen molar-refractivity contribution < 1.29 is 19.7 Å². The number of aromatic nitrogens is 3. The first-order valence-electron chi connectivity index (χ1n) is 11.3. The van der Waals surface area contributed by atoms with E-state index >= 15 is 0 Å². The maximum atomic E-state index is 13.1. The van der Waals surface area contributed by atoms with E-state index in [-0.39, 0.29) is 18.1 Å². The molecule has 1 saturated heterocycles. The number of anilines is 2. The lowest BCUT2D eigenvalue weighted by molar-refractivity contribution is 0.102. The fourth-order valence-electron chi connectivity index (χ4n) is 4.61. The van der Waals surface area contributed by atoms with E-state index in [9.17, 15) is 9.90 Å². The Balaban J connectivity index is 0.00000126. The number of hydrogen-bond acceptors (Lipinski definition) is 7. The number of aliphatic hydroxyl groups excluding tert-OH is 2. The lowest BCUT2D eigenvalue weighted by Gasteiger charge is -2.36. The number of benzene rings is 1. The molecular weight excluding hydrogens is 422 g/mol. The van der Waals surface area contributed by atoms with Crippen LogP contribution in [0.3, 0.4) is 0 Å². The van der Waals surface area contributed by atoms with Crippen LogP contribution in [0.2, 0.25) is 0 Å². The van der Waals surface area contributed by atoms with Crippen LogP contribution in [-0.2, 0) is 6.42 Å². The van der Waals surface area contributed by atoms with Gasteiger partial charge in [0.15, 0.2) is 5.65 Å². The molecule has 3 aromatic rings. The standard InChI is InChI=1S/C23H27N5O3.CH4O/c1-14-10-17-11-19(26-23(30)18-13-25-28-7-3-6-24-22(18)28)20(12-21(17)31-14)27-8-4-16(5-9-27)15(2)29;1-2/h3,6-7,11-16,29H,4-5,8-10H2,1-2H3,(H,26,30);2H,1H3. The van der Waals surface area contributed by atoms with Gasteiger partial charge in [0, 0.05) is 50.6 Å². The zero-order chi connectivity index (χ0) is 23.5. The molecule has 2 atom stereocenters. The van der Waals surface area contributed by atoms with Crippen molar-refractivity contribution in [1.29, 1.82) is 0 Å². The SMILES string of the molecule is CC1Cc2cc(NC(=O)c3cnn4cccnc34)c(N3CCC(C(C)O)CC3)cc2O1.CO. The normalized spacial score (nSPS) is 18.8. The highest BCUT2D eigenvalue weighted by molar-refractivity contribution is 6.09. The minimum atomic E-state index is -0.298. The fourth-order valence-corrected chi connectivity index (χ4v) is 4.61.